The number of ketones is 1. The number of hydrogen-bond donors (Lipinski definition) is 1. The fourth-order valence-electron chi connectivity index (χ4n) is 5.10. The van der Waals surface area contributed by atoms with Crippen LogP contribution in [-0.2, 0) is 0 Å². The van der Waals surface area contributed by atoms with Gasteiger partial charge in [-0.2, -0.15) is 5.10 Å². The molecule has 4 aromatic heterocycles. The summed E-state index contributed by atoms with van der Waals surface area (Å²) in [4.78, 5) is 29.0. The fourth-order valence-corrected chi connectivity index (χ4v) is 5.79. The van der Waals surface area contributed by atoms with Gasteiger partial charge in [0.15, 0.2) is 11.4 Å². The summed E-state index contributed by atoms with van der Waals surface area (Å²) in [5, 5.41) is 6.57. The largest absolute Gasteiger partial charge is 0.355 e. The first kappa shape index (κ1) is 25.5. The molecule has 2 N–H and O–H groups in total. The molecule has 0 aliphatic carbocycles. The van der Waals surface area contributed by atoms with Crippen molar-refractivity contribution in [3.63, 3.8) is 0 Å². The molecule has 4 aromatic rings. The minimum absolute atomic E-state index is 0.117. The number of rotatable bonds is 10. The molecule has 1 aliphatic heterocycles. The van der Waals surface area contributed by atoms with Crippen LogP contribution in [0.25, 0.3) is 27.5 Å². The lowest BCUT2D eigenvalue weighted by atomic mass is 10.0. The van der Waals surface area contributed by atoms with E-state index in [-0.39, 0.29) is 11.8 Å². The normalized spacial score (nSPS) is 16.7. The topological polar surface area (TPSA) is 92.6 Å². The third-order valence-electron chi connectivity index (χ3n) is 7.33. The third-order valence-corrected chi connectivity index (χ3v) is 8.22. The summed E-state index contributed by atoms with van der Waals surface area (Å²) >= 11 is 1.65. The summed E-state index contributed by atoms with van der Waals surface area (Å²) < 4.78 is 1.76. The van der Waals surface area contributed by atoms with E-state index in [0.717, 1.165) is 66.6 Å². The molecule has 1 aliphatic rings. The number of anilines is 1. The standard InChI is InChI=1S/C28H35N7OS/c1-4-33(5-2)19(3)8-9-25(36)20-15-24(31-27(16-20)34-12-10-21(29)18-34)22-17-30-35-13-11-23(32-28(22)35)26-7-6-14-37-26/h6-7,11,13-17,19,21H,4-5,8-10,12,18,29H2,1-3H3/t19-,21-/m0/s1. The molecule has 5 rings (SSSR count). The predicted octanol–water partition coefficient (Wildman–Crippen LogP) is 4.75. The lowest BCUT2D eigenvalue weighted by Crippen LogP contribution is -2.33. The van der Waals surface area contributed by atoms with Crippen LogP contribution in [-0.4, -0.2) is 68.5 Å². The highest BCUT2D eigenvalue weighted by Crippen LogP contribution is 2.30. The molecule has 0 radical (unpaired) electrons. The Hall–Kier alpha value is -3.14. The Morgan fingerprint density at radius 2 is 2.05 bits per heavy atom. The maximum absolute atomic E-state index is 13.5. The molecular weight excluding hydrogens is 482 g/mol. The van der Waals surface area contributed by atoms with Gasteiger partial charge in [-0.3, -0.25) is 4.79 Å². The maximum Gasteiger partial charge on any atom is 0.165 e. The number of thiophene rings is 1. The molecule has 0 aromatic carbocycles. The van der Waals surface area contributed by atoms with Crippen molar-refractivity contribution in [3.8, 4) is 21.8 Å². The third kappa shape index (κ3) is 5.44. The molecule has 0 saturated carbocycles. The Kier molecular flexibility index (Phi) is 7.64. The molecule has 0 unspecified atom stereocenters. The van der Waals surface area contributed by atoms with Gasteiger partial charge >= 0.3 is 0 Å². The van der Waals surface area contributed by atoms with E-state index < -0.39 is 0 Å². The van der Waals surface area contributed by atoms with Crippen LogP contribution < -0.4 is 10.6 Å². The van der Waals surface area contributed by atoms with Crippen molar-refractivity contribution < 1.29 is 4.79 Å². The van der Waals surface area contributed by atoms with E-state index in [1.54, 1.807) is 22.0 Å². The van der Waals surface area contributed by atoms with Crippen LogP contribution in [0.4, 0.5) is 5.82 Å². The second-order valence-corrected chi connectivity index (χ2v) is 10.7. The van der Waals surface area contributed by atoms with Crippen molar-refractivity contribution in [1.82, 2.24) is 24.5 Å². The second-order valence-electron chi connectivity index (χ2n) is 9.74. The number of hydrogen-bond acceptors (Lipinski definition) is 8. The van der Waals surface area contributed by atoms with Crippen molar-refractivity contribution in [1.29, 1.82) is 0 Å². The minimum Gasteiger partial charge on any atom is -0.355 e. The SMILES string of the molecule is CCN(CC)[C@@H](C)CCC(=O)c1cc(-c2cnn3ccc(-c4cccs4)nc23)nc(N2CC[C@H](N)C2)c1. The number of pyridine rings is 1. The molecule has 1 saturated heterocycles. The number of fused-ring (bicyclic) bond motifs is 1. The molecule has 9 heteroatoms. The van der Waals surface area contributed by atoms with Crippen LogP contribution in [0.1, 0.15) is 50.4 Å². The molecule has 2 atom stereocenters. The van der Waals surface area contributed by atoms with Gasteiger partial charge in [0.05, 0.1) is 28.0 Å². The van der Waals surface area contributed by atoms with Crippen LogP contribution in [0, 0.1) is 0 Å². The number of aromatic nitrogens is 4. The lowest BCUT2D eigenvalue weighted by molar-refractivity contribution is 0.0964. The predicted molar refractivity (Wildman–Crippen MR) is 150 cm³/mol. The highest BCUT2D eigenvalue weighted by molar-refractivity contribution is 7.13. The highest BCUT2D eigenvalue weighted by Gasteiger charge is 2.24. The smallest absolute Gasteiger partial charge is 0.165 e. The van der Waals surface area contributed by atoms with Crippen LogP contribution >= 0.6 is 11.3 Å². The quantitative estimate of drug-likeness (QED) is 0.304. The number of nitrogens with two attached hydrogens (primary N) is 1. The summed E-state index contributed by atoms with van der Waals surface area (Å²) in [7, 11) is 0. The average molecular weight is 518 g/mol. The zero-order valence-corrected chi connectivity index (χ0v) is 22.6. The Labute approximate surface area is 222 Å². The Bertz CT molecular complexity index is 1360. The van der Waals surface area contributed by atoms with Crippen LogP contribution in [0.5, 0.6) is 0 Å². The second kappa shape index (κ2) is 11.1. The summed E-state index contributed by atoms with van der Waals surface area (Å²) in [6, 6.07) is 10.4. The Balaban J connectivity index is 1.51. The van der Waals surface area contributed by atoms with Gasteiger partial charge in [-0.15, -0.1) is 11.3 Å². The van der Waals surface area contributed by atoms with Gasteiger partial charge < -0.3 is 15.5 Å². The minimum atomic E-state index is 0.117. The average Bonchev–Trinajstić information content (AvgIpc) is 3.68. The van der Waals surface area contributed by atoms with Gasteiger partial charge in [0.25, 0.3) is 0 Å². The first-order valence-corrected chi connectivity index (χ1v) is 14.0. The molecule has 5 heterocycles. The highest BCUT2D eigenvalue weighted by atomic mass is 32.1. The molecular formula is C28H35N7OS. The van der Waals surface area contributed by atoms with Crippen LogP contribution in [0.15, 0.2) is 48.1 Å². The molecule has 0 spiro atoms. The zero-order chi connectivity index (χ0) is 25.9. The summed E-state index contributed by atoms with van der Waals surface area (Å²) in [6.45, 7) is 10.1. The number of carbonyl (C=O) groups is 1. The van der Waals surface area contributed by atoms with Gasteiger partial charge in [0, 0.05) is 43.4 Å². The van der Waals surface area contributed by atoms with Crippen LogP contribution in [0.3, 0.4) is 0 Å². The lowest BCUT2D eigenvalue weighted by Gasteiger charge is -2.26. The maximum atomic E-state index is 13.5. The van der Waals surface area contributed by atoms with Crippen molar-refractivity contribution >= 4 is 28.6 Å². The molecule has 1 fully saturated rings. The zero-order valence-electron chi connectivity index (χ0n) is 21.8. The van der Waals surface area contributed by atoms with E-state index in [0.29, 0.717) is 23.7 Å². The number of Topliss-reactive ketones (excluding diaryl/α,β-unsaturated/α-hetero) is 1. The van der Waals surface area contributed by atoms with Crippen molar-refractivity contribution in [3.05, 3.63) is 53.7 Å². The van der Waals surface area contributed by atoms with Crippen molar-refractivity contribution in [2.75, 3.05) is 31.1 Å². The van der Waals surface area contributed by atoms with Gasteiger partial charge in [-0.25, -0.2) is 14.5 Å². The molecule has 0 bridgehead atoms. The Morgan fingerprint density at radius 1 is 1.22 bits per heavy atom. The van der Waals surface area contributed by atoms with E-state index in [2.05, 4.69) is 41.7 Å². The Morgan fingerprint density at radius 3 is 2.76 bits per heavy atom. The monoisotopic (exact) mass is 517 g/mol. The van der Waals surface area contributed by atoms with E-state index in [4.69, 9.17) is 15.7 Å². The van der Waals surface area contributed by atoms with Gasteiger partial charge in [0.1, 0.15) is 5.82 Å². The first-order chi connectivity index (χ1) is 18.0. The van der Waals surface area contributed by atoms with Crippen molar-refractivity contribution in [2.24, 2.45) is 5.73 Å². The number of carbonyl (C=O) groups excluding carboxylic acids is 1. The van der Waals surface area contributed by atoms with E-state index in [1.165, 1.54) is 0 Å². The van der Waals surface area contributed by atoms with E-state index >= 15 is 0 Å². The van der Waals surface area contributed by atoms with E-state index in [1.807, 2.05) is 35.8 Å². The molecule has 37 heavy (non-hydrogen) atoms. The summed E-state index contributed by atoms with van der Waals surface area (Å²) in [5.74, 6) is 0.926. The summed E-state index contributed by atoms with van der Waals surface area (Å²) in [6.07, 6.45) is 5.95. The molecule has 8 nitrogen and oxygen atoms in total. The number of nitrogens with zero attached hydrogens (tertiary/aromatic N) is 6. The molecule has 0 amide bonds. The fraction of sp³-hybridized carbons (Fsp3) is 0.429. The van der Waals surface area contributed by atoms with E-state index in [9.17, 15) is 4.79 Å². The van der Waals surface area contributed by atoms with Gasteiger partial charge in [0.2, 0.25) is 0 Å². The van der Waals surface area contributed by atoms with Gasteiger partial charge in [-0.05, 0) is 62.5 Å². The molecule has 194 valence electrons. The van der Waals surface area contributed by atoms with Gasteiger partial charge in [-0.1, -0.05) is 19.9 Å². The van der Waals surface area contributed by atoms with Crippen molar-refractivity contribution in [2.45, 2.75) is 52.1 Å². The van der Waals surface area contributed by atoms with Crippen LogP contribution in [0.2, 0.25) is 0 Å². The summed E-state index contributed by atoms with van der Waals surface area (Å²) in [5.41, 5.74) is 10.0. The first-order valence-electron chi connectivity index (χ1n) is 13.1.